The molecule has 0 saturated heterocycles. The number of carbonyl (C=O) groups excluding carboxylic acids is 1. The second-order valence-electron chi connectivity index (χ2n) is 6.43. The maximum atomic E-state index is 11.8. The van der Waals surface area contributed by atoms with Gasteiger partial charge in [0.05, 0.1) is 0 Å². The van der Waals surface area contributed by atoms with Crippen LogP contribution in [0.25, 0.3) is 0 Å². The Kier molecular flexibility index (Phi) is 11.2. The first kappa shape index (κ1) is 20.4. The highest BCUT2D eigenvalue weighted by molar-refractivity contribution is 5.88. The van der Waals surface area contributed by atoms with E-state index in [0.29, 0.717) is 6.54 Å². The summed E-state index contributed by atoms with van der Waals surface area (Å²) in [4.78, 5) is 11.8. The molecule has 0 saturated carbocycles. The van der Waals surface area contributed by atoms with Gasteiger partial charge in [0.2, 0.25) is 5.91 Å². The highest BCUT2D eigenvalue weighted by Crippen LogP contribution is 2.07. The lowest BCUT2D eigenvalue weighted by molar-refractivity contribution is -0.116. The summed E-state index contributed by atoms with van der Waals surface area (Å²) < 4.78 is 0. The molecule has 0 heterocycles. The molecule has 124 valence electrons. The molecule has 22 heavy (non-hydrogen) atoms. The van der Waals surface area contributed by atoms with E-state index < -0.39 is 0 Å². The quantitative estimate of drug-likeness (QED) is 0.443. The van der Waals surface area contributed by atoms with Crippen molar-refractivity contribution in [3.05, 3.63) is 46.6 Å². The molecule has 0 radical (unpaired) electrons. The van der Waals surface area contributed by atoms with Gasteiger partial charge >= 0.3 is 0 Å². The minimum atomic E-state index is 0.00282. The highest BCUT2D eigenvalue weighted by atomic mass is 16.1. The molecule has 0 aromatic heterocycles. The first-order valence-corrected chi connectivity index (χ1v) is 8.18. The third-order valence-electron chi connectivity index (χ3n) is 3.29. The van der Waals surface area contributed by atoms with Gasteiger partial charge in [-0.3, -0.25) is 4.79 Å². The lowest BCUT2D eigenvalue weighted by Crippen LogP contribution is -2.21. The van der Waals surface area contributed by atoms with E-state index >= 15 is 0 Å². The molecule has 0 aromatic rings. The molecule has 0 aliphatic carbocycles. The fourth-order valence-electron chi connectivity index (χ4n) is 1.95. The zero-order chi connectivity index (χ0) is 17.0. The molecule has 0 bridgehead atoms. The van der Waals surface area contributed by atoms with Crippen molar-refractivity contribution < 1.29 is 4.79 Å². The van der Waals surface area contributed by atoms with Crippen molar-refractivity contribution in [2.45, 2.75) is 67.2 Å². The van der Waals surface area contributed by atoms with Crippen LogP contribution in [0.4, 0.5) is 0 Å². The first-order chi connectivity index (χ1) is 10.3. The smallest absolute Gasteiger partial charge is 0.244 e. The van der Waals surface area contributed by atoms with E-state index in [2.05, 4.69) is 58.2 Å². The molecule has 0 unspecified atom stereocenters. The number of hydrogen-bond acceptors (Lipinski definition) is 1. The van der Waals surface area contributed by atoms with Crippen LogP contribution in [0.3, 0.4) is 0 Å². The number of hydrogen-bond donors (Lipinski definition) is 1. The van der Waals surface area contributed by atoms with Gasteiger partial charge < -0.3 is 5.32 Å². The maximum Gasteiger partial charge on any atom is 0.244 e. The Bertz CT molecular complexity index is 456. The van der Waals surface area contributed by atoms with Gasteiger partial charge in [-0.15, -0.1) is 0 Å². The van der Waals surface area contributed by atoms with Gasteiger partial charge in [-0.1, -0.05) is 40.5 Å². The molecule has 1 N–H and O–H groups in total. The topological polar surface area (TPSA) is 29.1 Å². The number of amides is 1. The third kappa shape index (κ3) is 13.4. The SMILES string of the molecule is CC(C)=CCCC(C)=CCNC(=O)C=C(C)CCC=C(C)C. The second-order valence-corrected chi connectivity index (χ2v) is 6.43. The third-order valence-corrected chi connectivity index (χ3v) is 3.29. The lowest BCUT2D eigenvalue weighted by atomic mass is 10.1. The molecule has 2 nitrogen and oxygen atoms in total. The van der Waals surface area contributed by atoms with Crippen LogP contribution in [0.1, 0.15) is 67.2 Å². The minimum absolute atomic E-state index is 0.00282. The van der Waals surface area contributed by atoms with Crippen LogP contribution in [-0.2, 0) is 4.79 Å². The van der Waals surface area contributed by atoms with Gasteiger partial charge in [-0.2, -0.15) is 0 Å². The predicted molar refractivity (Wildman–Crippen MR) is 97.9 cm³/mol. The molecule has 0 fully saturated rings. The van der Waals surface area contributed by atoms with Gasteiger partial charge in [0.25, 0.3) is 0 Å². The Balaban J connectivity index is 4.06. The van der Waals surface area contributed by atoms with Crippen molar-refractivity contribution in [3.63, 3.8) is 0 Å². The molecule has 0 rings (SSSR count). The van der Waals surface area contributed by atoms with Crippen molar-refractivity contribution >= 4 is 5.91 Å². The van der Waals surface area contributed by atoms with E-state index in [1.807, 2.05) is 6.92 Å². The largest absolute Gasteiger partial charge is 0.349 e. The molecular formula is C20H33NO. The standard InChI is InChI=1S/C20H33NO/c1-16(2)9-7-11-18(5)13-14-21-20(22)15-19(6)12-8-10-17(3)4/h9-10,13,15H,7-8,11-12,14H2,1-6H3,(H,21,22). The lowest BCUT2D eigenvalue weighted by Gasteiger charge is -2.03. The Labute approximate surface area is 137 Å². The van der Waals surface area contributed by atoms with Crippen molar-refractivity contribution in [2.24, 2.45) is 0 Å². The fraction of sp³-hybridized carbons (Fsp3) is 0.550. The Morgan fingerprint density at radius 3 is 1.77 bits per heavy atom. The molecule has 2 heteroatoms. The zero-order valence-electron chi connectivity index (χ0n) is 15.3. The number of allylic oxidation sites excluding steroid dienone is 6. The molecule has 0 aliphatic heterocycles. The average Bonchev–Trinajstić information content (AvgIpc) is 2.37. The number of nitrogens with one attached hydrogen (secondary N) is 1. The van der Waals surface area contributed by atoms with E-state index in [9.17, 15) is 4.79 Å². The minimum Gasteiger partial charge on any atom is -0.349 e. The fourth-order valence-corrected chi connectivity index (χ4v) is 1.95. The van der Waals surface area contributed by atoms with Crippen LogP contribution in [-0.4, -0.2) is 12.5 Å². The van der Waals surface area contributed by atoms with Gasteiger partial charge in [0, 0.05) is 12.6 Å². The van der Waals surface area contributed by atoms with Crippen molar-refractivity contribution in [2.75, 3.05) is 6.54 Å². The molecule has 0 atom stereocenters. The van der Waals surface area contributed by atoms with Gasteiger partial charge in [-0.25, -0.2) is 0 Å². The monoisotopic (exact) mass is 303 g/mol. The number of rotatable bonds is 9. The van der Waals surface area contributed by atoms with E-state index in [4.69, 9.17) is 0 Å². The molecule has 0 aliphatic rings. The normalized spacial score (nSPS) is 11.9. The van der Waals surface area contributed by atoms with Crippen LogP contribution < -0.4 is 5.32 Å². The van der Waals surface area contributed by atoms with Crippen molar-refractivity contribution in [1.29, 1.82) is 0 Å². The first-order valence-electron chi connectivity index (χ1n) is 8.18. The second kappa shape index (κ2) is 12.0. The van der Waals surface area contributed by atoms with Crippen molar-refractivity contribution in [3.8, 4) is 0 Å². The van der Waals surface area contributed by atoms with E-state index in [1.165, 1.54) is 16.7 Å². The maximum absolute atomic E-state index is 11.8. The molecule has 0 aromatic carbocycles. The van der Waals surface area contributed by atoms with Gasteiger partial charge in [0.1, 0.15) is 0 Å². The van der Waals surface area contributed by atoms with Gasteiger partial charge in [0.15, 0.2) is 0 Å². The summed E-state index contributed by atoms with van der Waals surface area (Å²) in [5, 5.41) is 2.92. The van der Waals surface area contributed by atoms with E-state index in [1.54, 1.807) is 6.08 Å². The Morgan fingerprint density at radius 1 is 0.773 bits per heavy atom. The molecule has 1 amide bonds. The predicted octanol–water partition coefficient (Wildman–Crippen LogP) is 5.49. The van der Waals surface area contributed by atoms with Crippen LogP contribution >= 0.6 is 0 Å². The summed E-state index contributed by atoms with van der Waals surface area (Å²) in [6, 6.07) is 0. The summed E-state index contributed by atoms with van der Waals surface area (Å²) in [6.45, 7) is 13.2. The van der Waals surface area contributed by atoms with Crippen molar-refractivity contribution in [1.82, 2.24) is 5.32 Å². The molecule has 0 spiro atoms. The van der Waals surface area contributed by atoms with Gasteiger partial charge in [-0.05, 0) is 67.2 Å². The summed E-state index contributed by atoms with van der Waals surface area (Å²) >= 11 is 0. The summed E-state index contributed by atoms with van der Waals surface area (Å²) in [7, 11) is 0. The summed E-state index contributed by atoms with van der Waals surface area (Å²) in [6.07, 6.45) is 12.3. The highest BCUT2D eigenvalue weighted by Gasteiger charge is 1.97. The van der Waals surface area contributed by atoms with E-state index in [-0.39, 0.29) is 5.91 Å². The summed E-state index contributed by atoms with van der Waals surface area (Å²) in [5.74, 6) is 0.00282. The summed E-state index contributed by atoms with van der Waals surface area (Å²) in [5.41, 5.74) is 5.13. The van der Waals surface area contributed by atoms with Crippen LogP contribution in [0, 0.1) is 0 Å². The number of carbonyl (C=O) groups is 1. The molecular weight excluding hydrogens is 270 g/mol. The van der Waals surface area contributed by atoms with Crippen LogP contribution in [0.15, 0.2) is 46.6 Å². The Hall–Kier alpha value is -1.57. The average molecular weight is 303 g/mol. The van der Waals surface area contributed by atoms with Crippen LogP contribution in [0.5, 0.6) is 0 Å². The zero-order valence-corrected chi connectivity index (χ0v) is 15.3. The van der Waals surface area contributed by atoms with Crippen LogP contribution in [0.2, 0.25) is 0 Å². The van der Waals surface area contributed by atoms with E-state index in [0.717, 1.165) is 31.3 Å². The Morgan fingerprint density at radius 2 is 1.27 bits per heavy atom.